The average molecular weight is 1130 g/mol. The van der Waals surface area contributed by atoms with Gasteiger partial charge < -0.3 is 14.2 Å². The summed E-state index contributed by atoms with van der Waals surface area (Å²) in [6.45, 7) is 6.52. The molecular formula is C75H130O6. The summed E-state index contributed by atoms with van der Waals surface area (Å²) in [5.74, 6) is -0.887. The van der Waals surface area contributed by atoms with E-state index in [1.165, 1.54) is 193 Å². The lowest BCUT2D eigenvalue weighted by Gasteiger charge is -2.18. The van der Waals surface area contributed by atoms with Crippen molar-refractivity contribution in [2.45, 2.75) is 348 Å². The topological polar surface area (TPSA) is 78.9 Å². The van der Waals surface area contributed by atoms with Crippen molar-refractivity contribution in [3.05, 3.63) is 97.2 Å². The number of carbonyl (C=O) groups is 3. The molecule has 0 aliphatic rings. The summed E-state index contributed by atoms with van der Waals surface area (Å²) in [6.07, 6.45) is 92.8. The molecule has 0 aromatic heterocycles. The highest BCUT2D eigenvalue weighted by molar-refractivity contribution is 5.71. The van der Waals surface area contributed by atoms with E-state index >= 15 is 0 Å². The van der Waals surface area contributed by atoms with Crippen molar-refractivity contribution >= 4 is 17.9 Å². The van der Waals surface area contributed by atoms with E-state index in [4.69, 9.17) is 14.2 Å². The first-order chi connectivity index (χ1) is 40.0. The molecule has 0 bridgehead atoms. The van der Waals surface area contributed by atoms with Gasteiger partial charge in [-0.25, -0.2) is 0 Å². The number of allylic oxidation sites excluding steroid dienone is 16. The van der Waals surface area contributed by atoms with Crippen LogP contribution in [0.25, 0.3) is 0 Å². The minimum Gasteiger partial charge on any atom is -0.462 e. The van der Waals surface area contributed by atoms with Crippen LogP contribution in [0.3, 0.4) is 0 Å². The van der Waals surface area contributed by atoms with E-state index in [-0.39, 0.29) is 31.1 Å². The van der Waals surface area contributed by atoms with Crippen LogP contribution < -0.4 is 0 Å². The van der Waals surface area contributed by atoms with E-state index in [2.05, 4.69) is 118 Å². The van der Waals surface area contributed by atoms with Crippen molar-refractivity contribution in [2.75, 3.05) is 13.2 Å². The van der Waals surface area contributed by atoms with Gasteiger partial charge in [-0.2, -0.15) is 0 Å². The van der Waals surface area contributed by atoms with Gasteiger partial charge in [0.05, 0.1) is 0 Å². The molecular weight excluding hydrogens is 997 g/mol. The Labute approximate surface area is 502 Å². The van der Waals surface area contributed by atoms with Crippen LogP contribution in [0, 0.1) is 0 Å². The van der Waals surface area contributed by atoms with Gasteiger partial charge in [-0.1, -0.05) is 298 Å². The lowest BCUT2D eigenvalue weighted by Crippen LogP contribution is -2.30. The monoisotopic (exact) mass is 1130 g/mol. The minimum atomic E-state index is -0.788. The Balaban J connectivity index is 4.33. The SMILES string of the molecule is CC/C=C\C/C=C\C/C=C\C/C=C\C/C=C\CCCCCCCCCCCCCC(=O)OCC(COC(=O)CCCCCCC/C=C\C/C=C\CCCCC)OC(=O)CCCCCCCCCCC/C=C\CCCCCCCCCC. The number of ether oxygens (including phenoxy) is 3. The predicted octanol–water partition coefficient (Wildman–Crippen LogP) is 24.0. The minimum absolute atomic E-state index is 0.0828. The van der Waals surface area contributed by atoms with Gasteiger partial charge >= 0.3 is 17.9 Å². The Morgan fingerprint density at radius 2 is 0.481 bits per heavy atom. The fourth-order valence-electron chi connectivity index (χ4n) is 9.85. The largest absolute Gasteiger partial charge is 0.462 e. The zero-order chi connectivity index (χ0) is 58.5. The van der Waals surface area contributed by atoms with Crippen LogP contribution in [0.5, 0.6) is 0 Å². The molecule has 0 aromatic carbocycles. The van der Waals surface area contributed by atoms with E-state index in [0.29, 0.717) is 19.3 Å². The van der Waals surface area contributed by atoms with E-state index in [9.17, 15) is 14.4 Å². The molecule has 0 aromatic rings. The molecule has 0 saturated heterocycles. The molecule has 6 nitrogen and oxygen atoms in total. The molecule has 0 fully saturated rings. The highest BCUT2D eigenvalue weighted by Crippen LogP contribution is 2.17. The van der Waals surface area contributed by atoms with Crippen LogP contribution in [0.15, 0.2) is 97.2 Å². The third-order valence-electron chi connectivity index (χ3n) is 15.0. The summed E-state index contributed by atoms with van der Waals surface area (Å²) < 4.78 is 17.0. The lowest BCUT2D eigenvalue weighted by atomic mass is 10.0. The zero-order valence-corrected chi connectivity index (χ0v) is 53.5. The number of unbranched alkanes of at least 4 members (excludes halogenated alkanes) is 36. The first-order valence-corrected chi connectivity index (χ1v) is 34.7. The maximum absolute atomic E-state index is 13.0. The Kier molecular flexibility index (Phi) is 65.7. The number of hydrogen-bond acceptors (Lipinski definition) is 6. The first kappa shape index (κ1) is 77.3. The zero-order valence-electron chi connectivity index (χ0n) is 53.5. The van der Waals surface area contributed by atoms with Gasteiger partial charge in [-0.3, -0.25) is 14.4 Å². The molecule has 0 spiro atoms. The second kappa shape index (κ2) is 68.8. The van der Waals surface area contributed by atoms with Gasteiger partial charge in [0.15, 0.2) is 6.10 Å². The van der Waals surface area contributed by atoms with E-state index in [1.807, 2.05) is 0 Å². The number of carbonyl (C=O) groups excluding carboxylic acids is 3. The summed E-state index contributed by atoms with van der Waals surface area (Å²) in [7, 11) is 0. The Bertz CT molecular complexity index is 1580. The van der Waals surface area contributed by atoms with Crippen molar-refractivity contribution in [2.24, 2.45) is 0 Å². The Morgan fingerprint density at radius 1 is 0.259 bits per heavy atom. The second-order valence-corrected chi connectivity index (χ2v) is 23.1. The molecule has 1 unspecified atom stereocenters. The van der Waals surface area contributed by atoms with Crippen LogP contribution >= 0.6 is 0 Å². The molecule has 0 heterocycles. The van der Waals surface area contributed by atoms with Crippen LogP contribution in [-0.2, 0) is 28.6 Å². The molecule has 0 N–H and O–H groups in total. The lowest BCUT2D eigenvalue weighted by molar-refractivity contribution is -0.167. The van der Waals surface area contributed by atoms with Crippen molar-refractivity contribution in [1.82, 2.24) is 0 Å². The number of esters is 3. The number of rotatable bonds is 63. The summed E-state index contributed by atoms with van der Waals surface area (Å²) in [5.41, 5.74) is 0. The van der Waals surface area contributed by atoms with Gasteiger partial charge in [0, 0.05) is 19.3 Å². The molecule has 466 valence electrons. The molecule has 6 heteroatoms. The molecule has 1 atom stereocenters. The van der Waals surface area contributed by atoms with Crippen molar-refractivity contribution in [1.29, 1.82) is 0 Å². The second-order valence-electron chi connectivity index (χ2n) is 23.1. The fraction of sp³-hybridized carbons (Fsp3) is 0.747. The van der Waals surface area contributed by atoms with Gasteiger partial charge in [-0.15, -0.1) is 0 Å². The Hall–Kier alpha value is -3.67. The smallest absolute Gasteiger partial charge is 0.306 e. The standard InChI is InChI=1S/C75H130O6/c1-4-7-10-13-16-19-22-25-28-30-32-34-35-36-37-38-39-41-42-44-47-50-53-56-59-62-65-68-74(77)80-71-72(70-79-73(76)67-64-61-58-55-52-49-46-27-24-21-18-15-12-9-6-3)81-75(78)69-66-63-60-57-54-51-48-45-43-40-33-31-29-26-23-20-17-14-11-8-5-2/h7,10,16,18-19,21,25,27-28,31-34,36-37,46,72H,4-6,8-9,11-15,17,20,22-24,26,29-30,35,38-45,47-71H2,1-3H3/b10-7-,19-16-,21-18-,28-25-,33-31-,34-32-,37-36-,46-27-. The average Bonchev–Trinajstić information content (AvgIpc) is 3.47. The molecule has 0 rings (SSSR count). The molecule has 0 aliphatic carbocycles. The quantitative estimate of drug-likeness (QED) is 0.0261. The molecule has 0 saturated carbocycles. The molecule has 0 amide bonds. The van der Waals surface area contributed by atoms with Gasteiger partial charge in [-0.05, 0) is 122 Å². The van der Waals surface area contributed by atoms with Crippen molar-refractivity contribution < 1.29 is 28.6 Å². The maximum atomic E-state index is 13.0. The fourth-order valence-corrected chi connectivity index (χ4v) is 9.85. The maximum Gasteiger partial charge on any atom is 0.306 e. The van der Waals surface area contributed by atoms with E-state index in [1.54, 1.807) is 0 Å². The highest BCUT2D eigenvalue weighted by Gasteiger charge is 2.19. The number of hydrogen-bond donors (Lipinski definition) is 0. The third-order valence-corrected chi connectivity index (χ3v) is 15.0. The summed E-state index contributed by atoms with van der Waals surface area (Å²) >= 11 is 0. The van der Waals surface area contributed by atoms with E-state index in [0.717, 1.165) is 109 Å². The van der Waals surface area contributed by atoms with Crippen LogP contribution in [0.1, 0.15) is 342 Å². The molecule has 0 aliphatic heterocycles. The molecule has 81 heavy (non-hydrogen) atoms. The summed E-state index contributed by atoms with van der Waals surface area (Å²) in [4.78, 5) is 38.4. The van der Waals surface area contributed by atoms with Gasteiger partial charge in [0.1, 0.15) is 13.2 Å². The van der Waals surface area contributed by atoms with Crippen LogP contribution in [0.2, 0.25) is 0 Å². The van der Waals surface area contributed by atoms with Crippen LogP contribution in [0.4, 0.5) is 0 Å². The molecule has 0 radical (unpaired) electrons. The van der Waals surface area contributed by atoms with Crippen molar-refractivity contribution in [3.8, 4) is 0 Å². The van der Waals surface area contributed by atoms with Gasteiger partial charge in [0.2, 0.25) is 0 Å². The summed E-state index contributed by atoms with van der Waals surface area (Å²) in [5, 5.41) is 0. The first-order valence-electron chi connectivity index (χ1n) is 34.7. The Morgan fingerprint density at radius 3 is 0.790 bits per heavy atom. The predicted molar refractivity (Wildman–Crippen MR) is 353 cm³/mol. The van der Waals surface area contributed by atoms with E-state index < -0.39 is 6.10 Å². The van der Waals surface area contributed by atoms with Gasteiger partial charge in [0.25, 0.3) is 0 Å². The summed E-state index contributed by atoms with van der Waals surface area (Å²) in [6, 6.07) is 0. The highest BCUT2D eigenvalue weighted by atomic mass is 16.6. The van der Waals surface area contributed by atoms with Crippen molar-refractivity contribution in [3.63, 3.8) is 0 Å². The van der Waals surface area contributed by atoms with Crippen LogP contribution in [-0.4, -0.2) is 37.2 Å². The normalized spacial score (nSPS) is 12.7. The third kappa shape index (κ3) is 67.0.